The van der Waals surface area contributed by atoms with Crippen molar-refractivity contribution in [1.29, 1.82) is 0 Å². The molecule has 1 unspecified atom stereocenters. The van der Waals surface area contributed by atoms with Crippen molar-refractivity contribution in [3.63, 3.8) is 0 Å². The minimum atomic E-state index is -2.83. The first-order valence-electron chi connectivity index (χ1n) is 11.3. The second kappa shape index (κ2) is 15.9. The number of carbonyl (C=O) groups excluding carboxylic acids is 1. The molecule has 0 aliphatic rings. The first kappa shape index (κ1) is 27.2. The predicted molar refractivity (Wildman–Crippen MR) is 124 cm³/mol. The molecule has 0 aromatic heterocycles. The van der Waals surface area contributed by atoms with E-state index >= 15 is 0 Å². The number of ether oxygens (including phenoxy) is 1. The molecule has 1 N–H and O–H groups in total. The van der Waals surface area contributed by atoms with Crippen molar-refractivity contribution in [2.75, 3.05) is 26.9 Å². The van der Waals surface area contributed by atoms with Gasteiger partial charge in [0.05, 0.1) is 12.8 Å². The number of hydrogen-bond donors (Lipinski definition) is 1. The summed E-state index contributed by atoms with van der Waals surface area (Å²) >= 11 is 0. The van der Waals surface area contributed by atoms with Crippen molar-refractivity contribution >= 4 is 20.4 Å². The van der Waals surface area contributed by atoms with Crippen LogP contribution in [0.3, 0.4) is 0 Å². The number of azo groups is 1. The Labute approximate surface area is 188 Å². The summed E-state index contributed by atoms with van der Waals surface area (Å²) in [5.74, 6) is 0.726. The molecule has 1 aromatic carbocycles. The zero-order valence-corrected chi connectivity index (χ0v) is 20.7. The smallest absolute Gasteiger partial charge is 0.497 e. The summed E-state index contributed by atoms with van der Waals surface area (Å²) in [7, 11) is -1.21. The van der Waals surface area contributed by atoms with Crippen LogP contribution in [0, 0.1) is 0 Å². The maximum absolute atomic E-state index is 12.4. The standard InChI is InChI=1S/C22H39N3O5Si/c1-6-10-11-12-22(26)23-21(25-24-19-13-15-20(27-5)16-14-19)17-18-31(28-7-2,29-8-3)30-9-4/h13-16,21H,6-12,17-18H2,1-5H3,(H,23,26). The van der Waals surface area contributed by atoms with Crippen LogP contribution in [0.1, 0.15) is 59.8 Å². The molecule has 0 fully saturated rings. The molecule has 1 rings (SSSR count). The molecule has 31 heavy (non-hydrogen) atoms. The van der Waals surface area contributed by atoms with E-state index in [0.29, 0.717) is 44.4 Å². The maximum atomic E-state index is 12.4. The summed E-state index contributed by atoms with van der Waals surface area (Å²) in [4.78, 5) is 12.4. The Morgan fingerprint density at radius 3 is 2.13 bits per heavy atom. The summed E-state index contributed by atoms with van der Waals surface area (Å²) in [6, 6.07) is 7.84. The summed E-state index contributed by atoms with van der Waals surface area (Å²) in [5, 5.41) is 11.7. The summed E-state index contributed by atoms with van der Waals surface area (Å²) < 4.78 is 23.0. The lowest BCUT2D eigenvalue weighted by atomic mass is 10.2. The van der Waals surface area contributed by atoms with Crippen LogP contribution in [0.15, 0.2) is 34.5 Å². The van der Waals surface area contributed by atoms with Crippen LogP contribution in [-0.4, -0.2) is 47.8 Å². The van der Waals surface area contributed by atoms with Crippen molar-refractivity contribution in [3.8, 4) is 5.75 Å². The minimum absolute atomic E-state index is 0.0244. The molecule has 0 spiro atoms. The third-order valence-electron chi connectivity index (χ3n) is 4.54. The molecule has 1 amide bonds. The first-order valence-corrected chi connectivity index (χ1v) is 13.2. The fourth-order valence-corrected chi connectivity index (χ4v) is 5.68. The quantitative estimate of drug-likeness (QED) is 0.198. The van der Waals surface area contributed by atoms with E-state index in [1.54, 1.807) is 7.11 Å². The molecular formula is C22H39N3O5Si. The van der Waals surface area contributed by atoms with Gasteiger partial charge in [-0.1, -0.05) is 19.8 Å². The third kappa shape index (κ3) is 10.9. The van der Waals surface area contributed by atoms with Gasteiger partial charge in [0.25, 0.3) is 0 Å². The highest BCUT2D eigenvalue weighted by Gasteiger charge is 2.40. The number of unbranched alkanes of at least 4 members (excludes halogenated alkanes) is 2. The molecule has 0 heterocycles. The molecule has 8 nitrogen and oxygen atoms in total. The lowest BCUT2D eigenvalue weighted by molar-refractivity contribution is -0.121. The fraction of sp³-hybridized carbons (Fsp3) is 0.682. The molecule has 0 radical (unpaired) electrons. The molecule has 0 aliphatic carbocycles. The highest BCUT2D eigenvalue weighted by Crippen LogP contribution is 2.22. The molecule has 1 atom stereocenters. The Kier molecular flexibility index (Phi) is 14.0. The molecular weight excluding hydrogens is 414 g/mol. The molecule has 1 aromatic rings. The Morgan fingerprint density at radius 2 is 1.61 bits per heavy atom. The van der Waals surface area contributed by atoms with Crippen LogP contribution in [0.4, 0.5) is 5.69 Å². The monoisotopic (exact) mass is 453 g/mol. The fourth-order valence-electron chi connectivity index (χ4n) is 3.05. The van der Waals surface area contributed by atoms with Crippen molar-refractivity contribution in [1.82, 2.24) is 5.32 Å². The highest BCUT2D eigenvalue weighted by atomic mass is 28.4. The van der Waals surface area contributed by atoms with Gasteiger partial charge in [-0.05, 0) is 57.9 Å². The van der Waals surface area contributed by atoms with E-state index in [2.05, 4.69) is 22.5 Å². The average Bonchev–Trinajstić information content (AvgIpc) is 2.77. The second-order valence-corrected chi connectivity index (χ2v) is 9.71. The third-order valence-corrected chi connectivity index (χ3v) is 7.62. The second-order valence-electron chi connectivity index (χ2n) is 6.97. The van der Waals surface area contributed by atoms with Crippen molar-refractivity contribution in [3.05, 3.63) is 24.3 Å². The van der Waals surface area contributed by atoms with Gasteiger partial charge in [-0.25, -0.2) is 0 Å². The van der Waals surface area contributed by atoms with Crippen LogP contribution in [0.2, 0.25) is 6.04 Å². The Morgan fingerprint density at radius 1 is 1.00 bits per heavy atom. The van der Waals surface area contributed by atoms with Gasteiger partial charge >= 0.3 is 8.80 Å². The van der Waals surface area contributed by atoms with Gasteiger partial charge in [-0.3, -0.25) is 4.79 Å². The van der Waals surface area contributed by atoms with Crippen LogP contribution < -0.4 is 10.1 Å². The van der Waals surface area contributed by atoms with Crippen LogP contribution in [0.5, 0.6) is 5.75 Å². The minimum Gasteiger partial charge on any atom is -0.497 e. The van der Waals surface area contributed by atoms with E-state index in [0.717, 1.165) is 25.0 Å². The average molecular weight is 454 g/mol. The van der Waals surface area contributed by atoms with Gasteiger partial charge in [-0.2, -0.15) is 10.2 Å². The van der Waals surface area contributed by atoms with E-state index < -0.39 is 15.0 Å². The van der Waals surface area contributed by atoms with Crippen LogP contribution >= 0.6 is 0 Å². The molecule has 0 saturated heterocycles. The number of amides is 1. The molecule has 176 valence electrons. The summed E-state index contributed by atoms with van der Waals surface area (Å²) in [6.07, 6.45) is 3.47. The predicted octanol–water partition coefficient (Wildman–Crippen LogP) is 5.24. The number of nitrogens with zero attached hydrogens (tertiary/aromatic N) is 2. The van der Waals surface area contributed by atoms with Crippen molar-refractivity contribution in [2.24, 2.45) is 10.2 Å². The number of carbonyl (C=O) groups is 1. The number of rotatable bonds is 17. The largest absolute Gasteiger partial charge is 0.501 e. The van der Waals surface area contributed by atoms with Gasteiger partial charge in [0.15, 0.2) is 0 Å². The zero-order valence-electron chi connectivity index (χ0n) is 19.7. The van der Waals surface area contributed by atoms with E-state index in [1.165, 1.54) is 0 Å². The Bertz CT molecular complexity index is 626. The number of benzene rings is 1. The summed E-state index contributed by atoms with van der Waals surface area (Å²) in [5.41, 5.74) is 0.689. The van der Waals surface area contributed by atoms with E-state index in [9.17, 15) is 4.79 Å². The first-order chi connectivity index (χ1) is 15.0. The van der Waals surface area contributed by atoms with Gasteiger partial charge in [0.1, 0.15) is 11.9 Å². The van der Waals surface area contributed by atoms with E-state index in [-0.39, 0.29) is 5.91 Å². The van der Waals surface area contributed by atoms with Crippen molar-refractivity contribution < 1.29 is 22.8 Å². The number of methoxy groups -OCH3 is 1. The van der Waals surface area contributed by atoms with Crippen LogP contribution in [-0.2, 0) is 18.1 Å². The molecule has 0 saturated carbocycles. The number of nitrogens with one attached hydrogen (secondary N) is 1. The zero-order chi connectivity index (χ0) is 23.0. The summed E-state index contributed by atoms with van der Waals surface area (Å²) in [6.45, 7) is 9.42. The normalized spacial score (nSPS) is 12.8. The molecule has 0 bridgehead atoms. The molecule has 9 heteroatoms. The lowest BCUT2D eigenvalue weighted by Gasteiger charge is -2.29. The van der Waals surface area contributed by atoms with Crippen LogP contribution in [0.25, 0.3) is 0 Å². The SMILES string of the molecule is CCCCCC(=O)NC(CC[Si](OCC)(OCC)OCC)N=Nc1ccc(OC)cc1. The highest BCUT2D eigenvalue weighted by molar-refractivity contribution is 6.60. The Hall–Kier alpha value is -1.81. The Balaban J connectivity index is 2.90. The lowest BCUT2D eigenvalue weighted by Crippen LogP contribution is -2.47. The van der Waals surface area contributed by atoms with Gasteiger partial charge in [0.2, 0.25) is 5.91 Å². The maximum Gasteiger partial charge on any atom is 0.501 e. The van der Waals surface area contributed by atoms with E-state index in [4.69, 9.17) is 18.0 Å². The molecule has 0 aliphatic heterocycles. The topological polar surface area (TPSA) is 90.7 Å². The van der Waals surface area contributed by atoms with Gasteiger partial charge in [0, 0.05) is 32.3 Å². The van der Waals surface area contributed by atoms with Crippen molar-refractivity contribution in [2.45, 2.75) is 72.0 Å². The number of hydrogen-bond acceptors (Lipinski definition) is 7. The van der Waals surface area contributed by atoms with Gasteiger partial charge in [-0.15, -0.1) is 0 Å². The van der Waals surface area contributed by atoms with Gasteiger partial charge < -0.3 is 23.3 Å². The van der Waals surface area contributed by atoms with E-state index in [1.807, 2.05) is 45.0 Å².